The Labute approximate surface area is 262 Å². The maximum Gasteiger partial charge on any atom is 0.498 e. The molecule has 6 rings (SSSR count). The van der Waals surface area contributed by atoms with Crippen LogP contribution < -0.4 is 20.4 Å². The zero-order chi connectivity index (χ0) is 32.2. The average Bonchev–Trinajstić information content (AvgIpc) is 3.31. The molecule has 0 amide bonds. The molecule has 0 N–H and O–H groups in total. The largest absolute Gasteiger partial charge is 0.498 e. The topological polar surface area (TPSA) is 81.2 Å². The fourth-order valence-corrected chi connectivity index (χ4v) is 5.39. The molecule has 8 nitrogen and oxygen atoms in total. The summed E-state index contributed by atoms with van der Waals surface area (Å²) in [6.07, 6.45) is 3.64. The molecule has 0 atom stereocenters. The van der Waals surface area contributed by atoms with Gasteiger partial charge in [-0.15, -0.1) is 0 Å². The van der Waals surface area contributed by atoms with Gasteiger partial charge in [0.2, 0.25) is 0 Å². The number of ether oxygens (including phenoxy) is 2. The number of methoxy groups -OCH3 is 2. The van der Waals surface area contributed by atoms with Crippen molar-refractivity contribution in [3.05, 3.63) is 60.2 Å². The van der Waals surface area contributed by atoms with Gasteiger partial charge in [0.15, 0.2) is 0 Å². The smallest absolute Gasteiger partial charge is 0.497 e. The van der Waals surface area contributed by atoms with Gasteiger partial charge in [-0.3, -0.25) is 9.97 Å². The van der Waals surface area contributed by atoms with Gasteiger partial charge >= 0.3 is 14.2 Å². The highest BCUT2D eigenvalue weighted by atomic mass is 16.7. The van der Waals surface area contributed by atoms with Gasteiger partial charge in [-0.25, -0.2) is 0 Å². The molecular weight excluding hydrogens is 554 g/mol. The Bertz CT molecular complexity index is 1550. The first kappa shape index (κ1) is 32.2. The summed E-state index contributed by atoms with van der Waals surface area (Å²) in [6.45, 7) is 20.4. The lowest BCUT2D eigenvalue weighted by atomic mass is 9.77. The van der Waals surface area contributed by atoms with E-state index in [1.165, 1.54) is 0 Å². The summed E-state index contributed by atoms with van der Waals surface area (Å²) in [6, 6.07) is 12.2. The third-order valence-electron chi connectivity index (χ3n) is 9.64. The molecule has 2 fully saturated rings. The van der Waals surface area contributed by atoms with E-state index in [4.69, 9.17) is 28.1 Å². The van der Waals surface area contributed by atoms with E-state index in [1.807, 2.05) is 50.5 Å². The quantitative estimate of drug-likeness (QED) is 0.277. The standard InChI is InChI=1S/2C17H22BNO3/c2*1-11-13-10-15(20-6)14(9-12(13)7-8-19-11)18-21-16(2,3)17(4,5)22-18/h2*7-10H,1-6H3. The summed E-state index contributed by atoms with van der Waals surface area (Å²) in [5, 5.41) is 4.38. The fourth-order valence-electron chi connectivity index (χ4n) is 5.39. The number of hydrogen-bond donors (Lipinski definition) is 0. The van der Waals surface area contributed by atoms with E-state index in [1.54, 1.807) is 14.2 Å². The van der Waals surface area contributed by atoms with E-state index in [0.29, 0.717) is 0 Å². The van der Waals surface area contributed by atoms with E-state index in [0.717, 1.165) is 55.4 Å². The molecule has 2 saturated heterocycles. The Balaban J connectivity index is 0.000000175. The van der Waals surface area contributed by atoms with Crippen molar-refractivity contribution < 1.29 is 28.1 Å². The Hall–Kier alpha value is -3.17. The molecular formula is C34H44B2N2O6. The summed E-state index contributed by atoms with van der Waals surface area (Å²) in [4.78, 5) is 8.68. The summed E-state index contributed by atoms with van der Waals surface area (Å²) < 4.78 is 35.8. The van der Waals surface area contributed by atoms with Gasteiger partial charge in [-0.2, -0.15) is 0 Å². The number of nitrogens with zero attached hydrogens (tertiary/aromatic N) is 2. The van der Waals surface area contributed by atoms with Gasteiger partial charge < -0.3 is 28.1 Å². The number of rotatable bonds is 4. The van der Waals surface area contributed by atoms with E-state index >= 15 is 0 Å². The van der Waals surface area contributed by atoms with Crippen LogP contribution in [0.25, 0.3) is 21.5 Å². The second-order valence-corrected chi connectivity index (χ2v) is 13.6. The zero-order valence-corrected chi connectivity index (χ0v) is 28.1. The number of aryl methyl sites for hydroxylation is 2. The van der Waals surface area contributed by atoms with Crippen molar-refractivity contribution >= 4 is 46.7 Å². The number of pyridine rings is 2. The van der Waals surface area contributed by atoms with Crippen molar-refractivity contribution in [2.75, 3.05) is 14.2 Å². The molecule has 2 aliphatic heterocycles. The SMILES string of the molecule is COc1cc2c(C)nccc2cc1B1OC(C)(C)C(C)(C)O1.COc1cc2c(C)nccc2cc1B1OC(C)(C)C(C)(C)O1. The molecule has 4 aromatic rings. The van der Waals surface area contributed by atoms with Crippen LogP contribution in [0.2, 0.25) is 0 Å². The first-order valence-electron chi connectivity index (χ1n) is 15.1. The second-order valence-electron chi connectivity index (χ2n) is 13.6. The molecule has 0 saturated carbocycles. The molecule has 4 heterocycles. The lowest BCUT2D eigenvalue weighted by Crippen LogP contribution is -2.41. The summed E-state index contributed by atoms with van der Waals surface area (Å²) >= 11 is 0. The molecule has 0 bridgehead atoms. The lowest BCUT2D eigenvalue weighted by Gasteiger charge is -2.32. The predicted molar refractivity (Wildman–Crippen MR) is 177 cm³/mol. The normalized spacial score (nSPS) is 19.6. The number of fused-ring (bicyclic) bond motifs is 2. The van der Waals surface area contributed by atoms with Crippen LogP contribution in [-0.2, 0) is 18.6 Å². The van der Waals surface area contributed by atoms with Crippen LogP contribution >= 0.6 is 0 Å². The van der Waals surface area contributed by atoms with Crippen LogP contribution in [0.3, 0.4) is 0 Å². The van der Waals surface area contributed by atoms with E-state index in [2.05, 4.69) is 77.5 Å². The molecule has 0 unspecified atom stereocenters. The predicted octanol–water partition coefficient (Wildman–Crippen LogP) is 5.70. The van der Waals surface area contributed by atoms with Crippen LogP contribution in [0.1, 0.15) is 66.8 Å². The minimum absolute atomic E-state index is 0.369. The highest BCUT2D eigenvalue weighted by Crippen LogP contribution is 2.39. The maximum absolute atomic E-state index is 6.15. The monoisotopic (exact) mass is 598 g/mol. The Kier molecular flexibility index (Phi) is 8.29. The third-order valence-corrected chi connectivity index (χ3v) is 9.64. The first-order valence-corrected chi connectivity index (χ1v) is 15.1. The van der Waals surface area contributed by atoms with E-state index in [9.17, 15) is 0 Å². The molecule has 2 aromatic heterocycles. The summed E-state index contributed by atoms with van der Waals surface area (Å²) in [7, 11) is 2.47. The third kappa shape index (κ3) is 5.69. The minimum Gasteiger partial charge on any atom is -0.497 e. The van der Waals surface area contributed by atoms with E-state index < -0.39 is 14.2 Å². The summed E-state index contributed by atoms with van der Waals surface area (Å²) in [5.74, 6) is 1.53. The second kappa shape index (κ2) is 11.3. The van der Waals surface area contributed by atoms with Gasteiger partial charge in [0.25, 0.3) is 0 Å². The molecule has 0 aliphatic carbocycles. The highest BCUT2D eigenvalue weighted by molar-refractivity contribution is 6.64. The molecule has 2 aromatic carbocycles. The van der Waals surface area contributed by atoms with Crippen LogP contribution in [0.4, 0.5) is 0 Å². The van der Waals surface area contributed by atoms with Crippen molar-refractivity contribution in [3.63, 3.8) is 0 Å². The lowest BCUT2D eigenvalue weighted by molar-refractivity contribution is 0.00578. The number of hydrogen-bond acceptors (Lipinski definition) is 8. The number of benzene rings is 2. The van der Waals surface area contributed by atoms with Crippen molar-refractivity contribution in [3.8, 4) is 11.5 Å². The van der Waals surface area contributed by atoms with Crippen molar-refractivity contribution in [1.82, 2.24) is 9.97 Å². The molecule has 2 aliphatic rings. The molecule has 44 heavy (non-hydrogen) atoms. The first-order chi connectivity index (χ1) is 20.5. The average molecular weight is 598 g/mol. The molecule has 0 spiro atoms. The highest BCUT2D eigenvalue weighted by Gasteiger charge is 2.53. The van der Waals surface area contributed by atoms with Crippen molar-refractivity contribution in [1.29, 1.82) is 0 Å². The van der Waals surface area contributed by atoms with Gasteiger partial charge in [0.1, 0.15) is 11.5 Å². The van der Waals surface area contributed by atoms with Crippen molar-refractivity contribution in [2.45, 2.75) is 91.6 Å². The fraction of sp³-hybridized carbons (Fsp3) is 0.471. The Morgan fingerprint density at radius 3 is 1.16 bits per heavy atom. The van der Waals surface area contributed by atoms with Crippen LogP contribution in [0, 0.1) is 13.8 Å². The summed E-state index contributed by atoms with van der Waals surface area (Å²) in [5.41, 5.74) is 2.32. The van der Waals surface area contributed by atoms with Gasteiger partial charge in [0, 0.05) is 45.5 Å². The zero-order valence-electron chi connectivity index (χ0n) is 28.1. The van der Waals surface area contributed by atoms with Gasteiger partial charge in [-0.05, 0) is 104 Å². The molecule has 0 radical (unpaired) electrons. The Morgan fingerprint density at radius 2 is 0.864 bits per heavy atom. The van der Waals surface area contributed by atoms with Gasteiger partial charge in [-0.1, -0.05) is 12.1 Å². The van der Waals surface area contributed by atoms with Crippen LogP contribution in [0.15, 0.2) is 48.8 Å². The van der Waals surface area contributed by atoms with Gasteiger partial charge in [0.05, 0.1) is 36.6 Å². The van der Waals surface area contributed by atoms with E-state index in [-0.39, 0.29) is 22.4 Å². The Morgan fingerprint density at radius 1 is 0.545 bits per heavy atom. The van der Waals surface area contributed by atoms with Crippen LogP contribution in [-0.4, -0.2) is 60.8 Å². The molecule has 10 heteroatoms. The van der Waals surface area contributed by atoms with Crippen molar-refractivity contribution in [2.24, 2.45) is 0 Å². The molecule has 232 valence electrons. The minimum atomic E-state index is -0.433. The number of aromatic nitrogens is 2. The van der Waals surface area contributed by atoms with Crippen LogP contribution in [0.5, 0.6) is 11.5 Å². The maximum atomic E-state index is 6.15.